The summed E-state index contributed by atoms with van der Waals surface area (Å²) in [6.07, 6.45) is 0.353. The third kappa shape index (κ3) is 3.46. The Bertz CT molecular complexity index is 470. The molecule has 19 heavy (non-hydrogen) atoms. The van der Waals surface area contributed by atoms with Gasteiger partial charge in [-0.3, -0.25) is 9.59 Å². The van der Waals surface area contributed by atoms with Gasteiger partial charge in [0.25, 0.3) is 0 Å². The summed E-state index contributed by atoms with van der Waals surface area (Å²) in [7, 11) is -3.04. The lowest BCUT2D eigenvalue weighted by Crippen LogP contribution is -2.67. The summed E-state index contributed by atoms with van der Waals surface area (Å²) in [4.78, 5) is 25.4. The van der Waals surface area contributed by atoms with E-state index in [1.165, 1.54) is 4.90 Å². The SMILES string of the molecule is CCS(=O)(=O)CCCN1C(=O)C(C)NC(=O)C1(C)C. The van der Waals surface area contributed by atoms with Crippen LogP contribution in [0, 0.1) is 0 Å². The number of amides is 2. The lowest BCUT2D eigenvalue weighted by atomic mass is 9.96. The summed E-state index contributed by atoms with van der Waals surface area (Å²) in [5, 5.41) is 2.62. The molecule has 1 saturated heterocycles. The number of carbonyl (C=O) groups excluding carboxylic acids is 2. The Balaban J connectivity index is 2.73. The normalized spacial score (nSPS) is 23.4. The summed E-state index contributed by atoms with van der Waals surface area (Å²) < 4.78 is 22.9. The minimum Gasteiger partial charge on any atom is -0.343 e. The molecule has 1 aliphatic heterocycles. The Morgan fingerprint density at radius 3 is 2.42 bits per heavy atom. The van der Waals surface area contributed by atoms with Crippen molar-refractivity contribution in [3.8, 4) is 0 Å². The van der Waals surface area contributed by atoms with Gasteiger partial charge in [-0.05, 0) is 27.2 Å². The van der Waals surface area contributed by atoms with Gasteiger partial charge in [-0.2, -0.15) is 0 Å². The number of nitrogens with zero attached hydrogens (tertiary/aromatic N) is 1. The fourth-order valence-corrected chi connectivity index (χ4v) is 2.90. The Morgan fingerprint density at radius 2 is 1.89 bits per heavy atom. The maximum atomic E-state index is 12.1. The summed E-state index contributed by atoms with van der Waals surface area (Å²) in [5.41, 5.74) is -0.931. The maximum absolute atomic E-state index is 12.1. The molecule has 1 fully saturated rings. The minimum absolute atomic E-state index is 0.0410. The summed E-state index contributed by atoms with van der Waals surface area (Å²) in [6, 6.07) is -0.552. The monoisotopic (exact) mass is 290 g/mol. The third-order valence-electron chi connectivity index (χ3n) is 3.49. The molecule has 0 spiro atoms. The Morgan fingerprint density at radius 1 is 1.32 bits per heavy atom. The summed E-state index contributed by atoms with van der Waals surface area (Å²) in [6.45, 7) is 6.84. The van der Waals surface area contributed by atoms with Gasteiger partial charge in [0.2, 0.25) is 11.8 Å². The average Bonchev–Trinajstić information content (AvgIpc) is 2.31. The van der Waals surface area contributed by atoms with Crippen molar-refractivity contribution in [1.29, 1.82) is 0 Å². The van der Waals surface area contributed by atoms with Crippen LogP contribution in [0.2, 0.25) is 0 Å². The lowest BCUT2D eigenvalue weighted by molar-refractivity contribution is -0.154. The Labute approximate surface area is 114 Å². The van der Waals surface area contributed by atoms with Crippen LogP contribution in [0.1, 0.15) is 34.1 Å². The van der Waals surface area contributed by atoms with Crippen molar-refractivity contribution >= 4 is 21.7 Å². The van der Waals surface area contributed by atoms with Crippen molar-refractivity contribution in [2.45, 2.75) is 45.7 Å². The van der Waals surface area contributed by atoms with E-state index in [4.69, 9.17) is 0 Å². The van der Waals surface area contributed by atoms with E-state index in [0.717, 1.165) is 0 Å². The fraction of sp³-hybridized carbons (Fsp3) is 0.833. The van der Waals surface area contributed by atoms with Crippen LogP contribution < -0.4 is 5.32 Å². The highest BCUT2D eigenvalue weighted by Crippen LogP contribution is 2.21. The molecule has 2 amide bonds. The first-order chi connectivity index (χ1) is 8.62. The van der Waals surface area contributed by atoms with E-state index in [1.807, 2.05) is 0 Å². The highest BCUT2D eigenvalue weighted by molar-refractivity contribution is 7.91. The molecule has 1 aliphatic rings. The highest BCUT2D eigenvalue weighted by atomic mass is 32.2. The molecule has 1 rings (SSSR count). The standard InChI is InChI=1S/C12H22N2O4S/c1-5-19(17,18)8-6-7-14-10(15)9(2)13-11(16)12(14,3)4/h9H,5-8H2,1-4H3,(H,13,16). The molecule has 0 aromatic heterocycles. The van der Waals surface area contributed by atoms with Crippen LogP contribution in [0.15, 0.2) is 0 Å². The van der Waals surface area contributed by atoms with E-state index >= 15 is 0 Å². The van der Waals surface area contributed by atoms with Gasteiger partial charge in [-0.15, -0.1) is 0 Å². The van der Waals surface area contributed by atoms with Gasteiger partial charge in [-0.25, -0.2) is 8.42 Å². The molecule has 0 saturated carbocycles. The van der Waals surface area contributed by atoms with Gasteiger partial charge < -0.3 is 10.2 Å². The quantitative estimate of drug-likeness (QED) is 0.768. The van der Waals surface area contributed by atoms with Crippen molar-refractivity contribution < 1.29 is 18.0 Å². The lowest BCUT2D eigenvalue weighted by Gasteiger charge is -2.43. The van der Waals surface area contributed by atoms with Crippen LogP contribution in [-0.2, 0) is 19.4 Å². The average molecular weight is 290 g/mol. The van der Waals surface area contributed by atoms with Crippen LogP contribution in [-0.4, -0.2) is 54.8 Å². The molecule has 0 aromatic carbocycles. The molecule has 7 heteroatoms. The topological polar surface area (TPSA) is 83.6 Å². The molecular weight excluding hydrogens is 268 g/mol. The molecule has 0 aromatic rings. The predicted octanol–water partition coefficient (Wildman–Crippen LogP) is -0.0633. The zero-order valence-electron chi connectivity index (χ0n) is 11.9. The first-order valence-corrected chi connectivity index (χ1v) is 8.27. The van der Waals surface area contributed by atoms with Crippen molar-refractivity contribution in [3.63, 3.8) is 0 Å². The van der Waals surface area contributed by atoms with Gasteiger partial charge in [-0.1, -0.05) is 6.92 Å². The first-order valence-electron chi connectivity index (χ1n) is 6.44. The largest absolute Gasteiger partial charge is 0.343 e. The Hall–Kier alpha value is -1.11. The number of hydrogen-bond donors (Lipinski definition) is 1. The second kappa shape index (κ2) is 5.48. The zero-order chi connectivity index (χ0) is 14.8. The Kier molecular flexibility index (Phi) is 4.60. The summed E-state index contributed by atoms with van der Waals surface area (Å²) >= 11 is 0. The van der Waals surface area contributed by atoms with E-state index in [0.29, 0.717) is 6.42 Å². The molecule has 1 atom stereocenters. The van der Waals surface area contributed by atoms with Crippen molar-refractivity contribution in [3.05, 3.63) is 0 Å². The van der Waals surface area contributed by atoms with Gasteiger partial charge in [0.1, 0.15) is 21.4 Å². The van der Waals surface area contributed by atoms with Crippen LogP contribution in [0.4, 0.5) is 0 Å². The smallest absolute Gasteiger partial charge is 0.246 e. The molecule has 6 nitrogen and oxygen atoms in total. The minimum atomic E-state index is -3.04. The van der Waals surface area contributed by atoms with Gasteiger partial charge in [0.05, 0.1) is 5.75 Å². The number of carbonyl (C=O) groups is 2. The molecule has 0 bridgehead atoms. The van der Waals surface area contributed by atoms with Gasteiger partial charge in [0.15, 0.2) is 0 Å². The molecule has 0 radical (unpaired) electrons. The number of rotatable bonds is 5. The molecule has 0 aliphatic carbocycles. The third-order valence-corrected chi connectivity index (χ3v) is 5.28. The van der Waals surface area contributed by atoms with E-state index in [1.54, 1.807) is 27.7 Å². The van der Waals surface area contributed by atoms with Crippen LogP contribution in [0.5, 0.6) is 0 Å². The molecule has 1 heterocycles. The zero-order valence-corrected chi connectivity index (χ0v) is 12.7. The maximum Gasteiger partial charge on any atom is 0.246 e. The fourth-order valence-electron chi connectivity index (χ4n) is 2.04. The number of sulfone groups is 1. The second-order valence-electron chi connectivity index (χ2n) is 5.33. The second-order valence-corrected chi connectivity index (χ2v) is 7.81. The first kappa shape index (κ1) is 15.9. The molecular formula is C12H22N2O4S. The van der Waals surface area contributed by atoms with Crippen LogP contribution in [0.3, 0.4) is 0 Å². The van der Waals surface area contributed by atoms with Crippen molar-refractivity contribution in [2.24, 2.45) is 0 Å². The number of nitrogens with one attached hydrogen (secondary N) is 1. The number of hydrogen-bond acceptors (Lipinski definition) is 4. The van der Waals surface area contributed by atoms with Gasteiger partial charge >= 0.3 is 0 Å². The van der Waals surface area contributed by atoms with Gasteiger partial charge in [0, 0.05) is 12.3 Å². The van der Waals surface area contributed by atoms with E-state index < -0.39 is 21.4 Å². The van der Waals surface area contributed by atoms with E-state index in [2.05, 4.69) is 5.32 Å². The van der Waals surface area contributed by atoms with E-state index in [9.17, 15) is 18.0 Å². The predicted molar refractivity (Wildman–Crippen MR) is 72.3 cm³/mol. The number of piperazine rings is 1. The molecule has 1 N–H and O–H groups in total. The summed E-state index contributed by atoms with van der Waals surface area (Å²) in [5.74, 6) is -0.239. The van der Waals surface area contributed by atoms with Crippen molar-refractivity contribution in [2.75, 3.05) is 18.1 Å². The highest BCUT2D eigenvalue weighted by Gasteiger charge is 2.44. The van der Waals surface area contributed by atoms with E-state index in [-0.39, 0.29) is 29.9 Å². The molecule has 1 unspecified atom stereocenters. The molecule has 110 valence electrons. The van der Waals surface area contributed by atoms with Crippen LogP contribution in [0.25, 0.3) is 0 Å². The van der Waals surface area contributed by atoms with Crippen LogP contribution >= 0.6 is 0 Å². The van der Waals surface area contributed by atoms with Crippen molar-refractivity contribution in [1.82, 2.24) is 10.2 Å².